The predicted molar refractivity (Wildman–Crippen MR) is 233 cm³/mol. The molecule has 11 aromatic rings. The van der Waals surface area contributed by atoms with Crippen LogP contribution >= 0.6 is 0 Å². The van der Waals surface area contributed by atoms with Gasteiger partial charge in [-0.25, -0.2) is 19.9 Å². The largest absolute Gasteiger partial charge is 0.456 e. The first-order chi connectivity index (χ1) is 28.7. The van der Waals surface area contributed by atoms with E-state index in [4.69, 9.17) is 28.8 Å². The van der Waals surface area contributed by atoms with Crippen LogP contribution in [-0.2, 0) is 0 Å². The second-order valence-corrected chi connectivity index (χ2v) is 14.3. The molecule has 0 N–H and O–H groups in total. The Morgan fingerprint density at radius 1 is 0.259 bits per heavy atom. The summed E-state index contributed by atoms with van der Waals surface area (Å²) in [6, 6.07) is 66.0. The number of hydrogen-bond acceptors (Lipinski definition) is 6. The molecule has 8 aromatic carbocycles. The molecule has 0 aliphatic heterocycles. The highest BCUT2D eigenvalue weighted by atomic mass is 16.3. The molecule has 3 heterocycles. The number of nitrogens with zero attached hydrogens (tertiary/aromatic N) is 4. The van der Waals surface area contributed by atoms with Crippen LogP contribution in [0.2, 0.25) is 0 Å². The molecule has 0 bridgehead atoms. The van der Waals surface area contributed by atoms with Crippen molar-refractivity contribution in [2.24, 2.45) is 0 Å². The van der Waals surface area contributed by atoms with Crippen LogP contribution in [0, 0.1) is 0 Å². The second-order valence-electron chi connectivity index (χ2n) is 14.3. The predicted octanol–water partition coefficient (Wildman–Crippen LogP) is 13.6. The van der Waals surface area contributed by atoms with Gasteiger partial charge in [0.1, 0.15) is 16.7 Å². The summed E-state index contributed by atoms with van der Waals surface area (Å²) in [4.78, 5) is 19.6. The van der Waals surface area contributed by atoms with Crippen molar-refractivity contribution < 1.29 is 8.83 Å². The average Bonchev–Trinajstić information content (AvgIpc) is 3.91. The second kappa shape index (κ2) is 14.0. The van der Waals surface area contributed by atoms with E-state index < -0.39 is 0 Å². The standard InChI is InChI=1S/C52H32N4O2/c1-5-13-33(14-6-1)40-27-41(34-15-7-2-8-16-34)29-42(28-40)52-53-45-26-23-38(31-48(45)58-52)37-21-24-43-44-25-22-39(32-47(44)57-46(43)30-37)51-55-49(35-17-9-3-10-18-35)54-50(56-51)36-19-11-4-12-20-36/h1-32H. The minimum Gasteiger partial charge on any atom is -0.456 e. The Kier molecular flexibility index (Phi) is 8.04. The normalized spacial score (nSPS) is 11.4. The molecule has 0 aliphatic carbocycles. The third kappa shape index (κ3) is 6.19. The molecule has 0 radical (unpaired) electrons. The van der Waals surface area contributed by atoms with Gasteiger partial charge in [-0.05, 0) is 88.0 Å². The van der Waals surface area contributed by atoms with Crippen molar-refractivity contribution in [1.29, 1.82) is 0 Å². The highest BCUT2D eigenvalue weighted by Gasteiger charge is 2.17. The highest BCUT2D eigenvalue weighted by Crippen LogP contribution is 2.37. The molecular formula is C52H32N4O2. The van der Waals surface area contributed by atoms with E-state index >= 15 is 0 Å². The maximum Gasteiger partial charge on any atom is 0.227 e. The summed E-state index contributed by atoms with van der Waals surface area (Å²) in [5.41, 5.74) is 13.2. The molecule has 0 aliphatic rings. The Bertz CT molecular complexity index is 3150. The van der Waals surface area contributed by atoms with E-state index in [-0.39, 0.29) is 0 Å². The molecule has 58 heavy (non-hydrogen) atoms. The minimum absolute atomic E-state index is 0.579. The SMILES string of the molecule is c1ccc(-c2cc(-c3ccccc3)cc(-c3nc4ccc(-c5ccc6c(c5)oc5cc(-c7nc(-c8ccccc8)nc(-c8ccccc8)n7)ccc56)cc4o3)c2)cc1. The zero-order valence-electron chi connectivity index (χ0n) is 31.1. The lowest BCUT2D eigenvalue weighted by Gasteiger charge is -2.09. The van der Waals surface area contributed by atoms with Gasteiger partial charge in [0, 0.05) is 33.0 Å². The van der Waals surface area contributed by atoms with E-state index in [1.165, 1.54) is 0 Å². The van der Waals surface area contributed by atoms with Crippen molar-refractivity contribution >= 4 is 33.0 Å². The summed E-state index contributed by atoms with van der Waals surface area (Å²) in [6.07, 6.45) is 0. The van der Waals surface area contributed by atoms with Gasteiger partial charge in [0.15, 0.2) is 23.1 Å². The van der Waals surface area contributed by atoms with E-state index in [9.17, 15) is 0 Å². The van der Waals surface area contributed by atoms with E-state index in [2.05, 4.69) is 109 Å². The number of fused-ring (bicyclic) bond motifs is 4. The van der Waals surface area contributed by atoms with Crippen LogP contribution in [0.3, 0.4) is 0 Å². The fraction of sp³-hybridized carbons (Fsp3) is 0. The molecule has 0 fully saturated rings. The molecule has 3 aromatic heterocycles. The van der Waals surface area contributed by atoms with Gasteiger partial charge < -0.3 is 8.83 Å². The maximum absolute atomic E-state index is 6.54. The topological polar surface area (TPSA) is 77.8 Å². The third-order valence-corrected chi connectivity index (χ3v) is 10.5. The summed E-state index contributed by atoms with van der Waals surface area (Å²) < 4.78 is 13.1. The quantitative estimate of drug-likeness (QED) is 0.162. The third-order valence-electron chi connectivity index (χ3n) is 10.5. The van der Waals surface area contributed by atoms with Crippen molar-refractivity contribution in [3.63, 3.8) is 0 Å². The first-order valence-corrected chi connectivity index (χ1v) is 19.2. The Balaban J connectivity index is 0.948. The lowest BCUT2D eigenvalue weighted by molar-refractivity contribution is 0.620. The maximum atomic E-state index is 6.54. The van der Waals surface area contributed by atoms with Gasteiger partial charge in [-0.3, -0.25) is 0 Å². The molecule has 0 saturated carbocycles. The zero-order valence-corrected chi connectivity index (χ0v) is 31.1. The monoisotopic (exact) mass is 744 g/mol. The van der Waals surface area contributed by atoms with Crippen molar-refractivity contribution in [1.82, 2.24) is 19.9 Å². The van der Waals surface area contributed by atoms with Crippen molar-refractivity contribution in [2.75, 3.05) is 0 Å². The van der Waals surface area contributed by atoms with Gasteiger partial charge in [0.2, 0.25) is 5.89 Å². The Labute approximate surface area is 333 Å². The molecule has 272 valence electrons. The highest BCUT2D eigenvalue weighted by molar-refractivity contribution is 6.07. The van der Waals surface area contributed by atoms with Crippen LogP contribution in [0.15, 0.2) is 203 Å². The molecule has 0 unspecified atom stereocenters. The lowest BCUT2D eigenvalue weighted by Crippen LogP contribution is -2.00. The number of hydrogen-bond donors (Lipinski definition) is 0. The first kappa shape index (κ1) is 33.4. The van der Waals surface area contributed by atoms with Crippen molar-refractivity contribution in [3.8, 4) is 79.0 Å². The summed E-state index contributed by atoms with van der Waals surface area (Å²) >= 11 is 0. The van der Waals surface area contributed by atoms with Crippen LogP contribution in [0.4, 0.5) is 0 Å². The summed E-state index contributed by atoms with van der Waals surface area (Å²) in [5, 5.41) is 2.06. The smallest absolute Gasteiger partial charge is 0.227 e. The van der Waals surface area contributed by atoms with Crippen LogP contribution in [0.1, 0.15) is 0 Å². The van der Waals surface area contributed by atoms with E-state index in [0.29, 0.717) is 23.4 Å². The fourth-order valence-electron chi connectivity index (χ4n) is 7.61. The zero-order chi connectivity index (χ0) is 38.4. The molecule has 6 heteroatoms. The van der Waals surface area contributed by atoms with Crippen molar-refractivity contribution in [2.45, 2.75) is 0 Å². The van der Waals surface area contributed by atoms with Gasteiger partial charge in [0.05, 0.1) is 0 Å². The Morgan fingerprint density at radius 2 is 0.672 bits per heavy atom. The number of oxazole rings is 1. The van der Waals surface area contributed by atoms with Gasteiger partial charge >= 0.3 is 0 Å². The summed E-state index contributed by atoms with van der Waals surface area (Å²) in [6.45, 7) is 0. The fourth-order valence-corrected chi connectivity index (χ4v) is 7.61. The minimum atomic E-state index is 0.579. The van der Waals surface area contributed by atoms with Crippen LogP contribution in [-0.4, -0.2) is 19.9 Å². The van der Waals surface area contributed by atoms with Gasteiger partial charge in [-0.2, -0.15) is 0 Å². The number of rotatable bonds is 7. The van der Waals surface area contributed by atoms with Crippen LogP contribution in [0.25, 0.3) is 112 Å². The van der Waals surface area contributed by atoms with E-state index in [1.54, 1.807) is 0 Å². The molecule has 0 atom stereocenters. The molecule has 0 spiro atoms. The molecule has 11 rings (SSSR count). The van der Waals surface area contributed by atoms with Crippen LogP contribution < -0.4 is 0 Å². The van der Waals surface area contributed by atoms with E-state index in [0.717, 1.165) is 88.7 Å². The Hall–Kier alpha value is -7.96. The molecule has 6 nitrogen and oxygen atoms in total. The molecule has 0 saturated heterocycles. The number of furan rings is 1. The lowest BCUT2D eigenvalue weighted by atomic mass is 9.96. The first-order valence-electron chi connectivity index (χ1n) is 19.2. The van der Waals surface area contributed by atoms with Crippen LogP contribution in [0.5, 0.6) is 0 Å². The van der Waals surface area contributed by atoms with Gasteiger partial charge in [-0.15, -0.1) is 0 Å². The molecular weight excluding hydrogens is 713 g/mol. The van der Waals surface area contributed by atoms with Crippen molar-refractivity contribution in [3.05, 3.63) is 194 Å². The number of benzene rings is 8. The van der Waals surface area contributed by atoms with E-state index in [1.807, 2.05) is 84.9 Å². The van der Waals surface area contributed by atoms with Gasteiger partial charge in [-0.1, -0.05) is 140 Å². The average molecular weight is 745 g/mol. The summed E-state index contributed by atoms with van der Waals surface area (Å²) in [5.74, 6) is 2.40. The van der Waals surface area contributed by atoms with Gasteiger partial charge in [0.25, 0.3) is 0 Å². The number of aromatic nitrogens is 4. The molecule has 0 amide bonds. The Morgan fingerprint density at radius 3 is 1.21 bits per heavy atom. The summed E-state index contributed by atoms with van der Waals surface area (Å²) in [7, 11) is 0.